The van der Waals surface area contributed by atoms with Crippen LogP contribution in [-0.2, 0) is 0 Å². The van der Waals surface area contributed by atoms with Crippen molar-refractivity contribution in [3.63, 3.8) is 0 Å². The predicted molar refractivity (Wildman–Crippen MR) is 113 cm³/mol. The van der Waals surface area contributed by atoms with Gasteiger partial charge in [0.25, 0.3) is 5.91 Å². The summed E-state index contributed by atoms with van der Waals surface area (Å²) in [6, 6.07) is 12.0. The Morgan fingerprint density at radius 2 is 1.89 bits per heavy atom. The molecule has 6 nitrogen and oxygen atoms in total. The maximum absolute atomic E-state index is 12.5. The molecule has 1 saturated heterocycles. The summed E-state index contributed by atoms with van der Waals surface area (Å²) in [7, 11) is 1.85. The first-order chi connectivity index (χ1) is 13.6. The molecule has 1 aromatic carbocycles. The van der Waals surface area contributed by atoms with Crippen LogP contribution < -0.4 is 10.2 Å². The van der Waals surface area contributed by atoms with Crippen molar-refractivity contribution in [3.8, 4) is 11.3 Å². The van der Waals surface area contributed by atoms with E-state index in [0.717, 1.165) is 36.5 Å². The molecule has 0 spiro atoms. The van der Waals surface area contributed by atoms with E-state index in [-0.39, 0.29) is 5.91 Å². The summed E-state index contributed by atoms with van der Waals surface area (Å²) >= 11 is 0. The quantitative estimate of drug-likeness (QED) is 0.763. The van der Waals surface area contributed by atoms with E-state index in [1.807, 2.05) is 13.1 Å². The Bertz CT molecular complexity index is 810. The average molecular weight is 380 g/mol. The minimum atomic E-state index is -0.0762. The van der Waals surface area contributed by atoms with Crippen LogP contribution in [0.2, 0.25) is 0 Å². The summed E-state index contributed by atoms with van der Waals surface area (Å²) in [6.45, 7) is 11.7. The average Bonchev–Trinajstić information content (AvgIpc) is 2.71. The largest absolute Gasteiger partial charge is 0.392 e. The lowest BCUT2D eigenvalue weighted by molar-refractivity contribution is 0.0540. The zero-order valence-corrected chi connectivity index (χ0v) is 17.0. The Morgan fingerprint density at radius 1 is 1.18 bits per heavy atom. The Kier molecular flexibility index (Phi) is 6.29. The molecule has 1 fully saturated rings. The van der Waals surface area contributed by atoms with E-state index in [4.69, 9.17) is 0 Å². The molecular formula is C22H29N5O. The summed E-state index contributed by atoms with van der Waals surface area (Å²) < 4.78 is 0. The lowest BCUT2D eigenvalue weighted by Crippen LogP contribution is -2.52. The molecule has 28 heavy (non-hydrogen) atoms. The van der Waals surface area contributed by atoms with Crippen LogP contribution in [0, 0.1) is 5.92 Å². The van der Waals surface area contributed by atoms with Gasteiger partial charge in [0, 0.05) is 56.1 Å². The molecule has 1 N–H and O–H groups in total. The number of carbonyl (C=O) groups excluding carboxylic acids is 1. The normalized spacial score (nSPS) is 13.8. The van der Waals surface area contributed by atoms with Gasteiger partial charge in [-0.3, -0.25) is 4.79 Å². The number of benzene rings is 1. The van der Waals surface area contributed by atoms with E-state index in [1.165, 1.54) is 5.69 Å². The third-order valence-electron chi connectivity index (χ3n) is 5.27. The van der Waals surface area contributed by atoms with E-state index >= 15 is 0 Å². The lowest BCUT2D eigenvalue weighted by Gasteiger charge is -2.39. The minimum absolute atomic E-state index is 0.0762. The molecule has 0 aliphatic carbocycles. The smallest absolute Gasteiger partial charge is 0.274 e. The number of anilines is 1. The van der Waals surface area contributed by atoms with E-state index in [1.54, 1.807) is 11.0 Å². The molecule has 1 aliphatic rings. The van der Waals surface area contributed by atoms with Crippen molar-refractivity contribution in [2.45, 2.75) is 20.3 Å². The van der Waals surface area contributed by atoms with Gasteiger partial charge in [-0.2, -0.15) is 0 Å². The van der Waals surface area contributed by atoms with Gasteiger partial charge in [-0.25, -0.2) is 0 Å². The van der Waals surface area contributed by atoms with Crippen molar-refractivity contribution in [2.24, 2.45) is 5.92 Å². The Hall–Kier alpha value is -2.89. The fourth-order valence-electron chi connectivity index (χ4n) is 3.41. The van der Waals surface area contributed by atoms with Gasteiger partial charge in [0.1, 0.15) is 0 Å². The van der Waals surface area contributed by atoms with Gasteiger partial charge in [-0.1, -0.05) is 25.6 Å². The van der Waals surface area contributed by atoms with Crippen molar-refractivity contribution in [1.29, 1.82) is 0 Å². The molecule has 0 saturated carbocycles. The Balaban J connectivity index is 1.64. The van der Waals surface area contributed by atoms with Crippen LogP contribution in [0.25, 0.3) is 11.3 Å². The summed E-state index contributed by atoms with van der Waals surface area (Å²) in [5.74, 6) is 0.239. The van der Waals surface area contributed by atoms with Crippen LogP contribution in [0.15, 0.2) is 48.7 Å². The van der Waals surface area contributed by atoms with Crippen molar-refractivity contribution in [3.05, 3.63) is 54.4 Å². The Morgan fingerprint density at radius 3 is 2.43 bits per heavy atom. The van der Waals surface area contributed by atoms with Crippen molar-refractivity contribution in [2.75, 3.05) is 38.1 Å². The highest BCUT2D eigenvalue weighted by Crippen LogP contribution is 2.24. The molecule has 6 heteroatoms. The number of amides is 1. The highest BCUT2D eigenvalue weighted by atomic mass is 16.2. The van der Waals surface area contributed by atoms with Gasteiger partial charge in [0.15, 0.2) is 5.69 Å². The second-order valence-electron chi connectivity index (χ2n) is 7.11. The first-order valence-electron chi connectivity index (χ1n) is 9.92. The van der Waals surface area contributed by atoms with Crippen molar-refractivity contribution >= 4 is 11.6 Å². The number of aromatic nitrogens is 2. The monoisotopic (exact) mass is 379 g/mol. The maximum Gasteiger partial charge on any atom is 0.274 e. The zero-order chi connectivity index (χ0) is 20.1. The van der Waals surface area contributed by atoms with E-state index in [0.29, 0.717) is 24.7 Å². The molecule has 1 aliphatic heterocycles. The SMILES string of the molecule is C=C(NC)C1CN(C(=O)c2ccc(-c3ccc(N(CC)CCC)cc3)nn2)C1. The molecule has 1 amide bonds. The summed E-state index contributed by atoms with van der Waals surface area (Å²) in [5.41, 5.74) is 4.33. The van der Waals surface area contributed by atoms with Crippen LogP contribution in [-0.4, -0.2) is 54.2 Å². The molecule has 0 unspecified atom stereocenters. The molecule has 0 bridgehead atoms. The first-order valence-corrected chi connectivity index (χ1v) is 9.92. The molecule has 148 valence electrons. The van der Waals surface area contributed by atoms with E-state index in [2.05, 4.69) is 65.1 Å². The van der Waals surface area contributed by atoms with Crippen LogP contribution in [0.5, 0.6) is 0 Å². The first kappa shape index (κ1) is 19.9. The highest BCUT2D eigenvalue weighted by Gasteiger charge is 2.33. The van der Waals surface area contributed by atoms with Crippen LogP contribution in [0.4, 0.5) is 5.69 Å². The summed E-state index contributed by atoms with van der Waals surface area (Å²) in [5, 5.41) is 11.5. The zero-order valence-electron chi connectivity index (χ0n) is 17.0. The molecule has 0 radical (unpaired) electrons. The fourth-order valence-corrected chi connectivity index (χ4v) is 3.41. The van der Waals surface area contributed by atoms with Crippen LogP contribution >= 0.6 is 0 Å². The highest BCUT2D eigenvalue weighted by molar-refractivity contribution is 5.93. The number of carbonyl (C=O) groups is 1. The molecular weight excluding hydrogens is 350 g/mol. The van der Waals surface area contributed by atoms with Crippen LogP contribution in [0.1, 0.15) is 30.8 Å². The molecule has 1 aromatic heterocycles. The predicted octanol–water partition coefficient (Wildman–Crippen LogP) is 3.19. The number of nitrogens with one attached hydrogen (secondary N) is 1. The second kappa shape index (κ2) is 8.87. The minimum Gasteiger partial charge on any atom is -0.392 e. The standard InChI is InChI=1S/C22H29N5O/c1-5-13-26(6-2)19-9-7-17(8-10-19)20-11-12-21(25-24-20)22(28)27-14-18(15-27)16(3)23-4/h7-12,18,23H,3,5-6,13-15H2,1-2,4H3. The van der Waals surface area contributed by atoms with E-state index in [9.17, 15) is 4.79 Å². The van der Waals surface area contributed by atoms with Gasteiger partial charge in [-0.05, 0) is 37.6 Å². The third-order valence-corrected chi connectivity index (χ3v) is 5.27. The second-order valence-corrected chi connectivity index (χ2v) is 7.11. The van der Waals surface area contributed by atoms with Gasteiger partial charge >= 0.3 is 0 Å². The summed E-state index contributed by atoms with van der Waals surface area (Å²) in [6.07, 6.45) is 1.12. The number of hydrogen-bond acceptors (Lipinski definition) is 5. The van der Waals surface area contributed by atoms with Crippen LogP contribution in [0.3, 0.4) is 0 Å². The molecule has 3 rings (SSSR count). The Labute approximate surface area is 167 Å². The van der Waals surface area contributed by atoms with Gasteiger partial charge in [0.2, 0.25) is 0 Å². The lowest BCUT2D eigenvalue weighted by atomic mass is 9.96. The van der Waals surface area contributed by atoms with E-state index < -0.39 is 0 Å². The number of hydrogen-bond donors (Lipinski definition) is 1. The third kappa shape index (κ3) is 4.16. The number of rotatable bonds is 8. The number of likely N-dealkylation sites (tertiary alicyclic amines) is 1. The fraction of sp³-hybridized carbons (Fsp3) is 0.409. The summed E-state index contributed by atoms with van der Waals surface area (Å²) in [4.78, 5) is 16.6. The van der Waals surface area contributed by atoms with Gasteiger partial charge in [-0.15, -0.1) is 10.2 Å². The topological polar surface area (TPSA) is 61.4 Å². The van der Waals surface area contributed by atoms with Crippen molar-refractivity contribution in [1.82, 2.24) is 20.4 Å². The number of nitrogens with zero attached hydrogens (tertiary/aromatic N) is 4. The maximum atomic E-state index is 12.5. The molecule has 2 heterocycles. The molecule has 0 atom stereocenters. The van der Waals surface area contributed by atoms with Crippen molar-refractivity contribution < 1.29 is 4.79 Å². The van der Waals surface area contributed by atoms with Gasteiger partial charge in [0.05, 0.1) is 5.69 Å². The molecule has 2 aromatic rings. The van der Waals surface area contributed by atoms with Gasteiger partial charge < -0.3 is 15.1 Å².